The number of hydrogen-bond acceptors (Lipinski definition) is 3. The number of morpholine rings is 1. The molecule has 1 aromatic rings. The molecule has 1 aliphatic heterocycles. The summed E-state index contributed by atoms with van der Waals surface area (Å²) < 4.78 is 5.31. The summed E-state index contributed by atoms with van der Waals surface area (Å²) in [5.41, 5.74) is 4.11. The van der Waals surface area contributed by atoms with Crippen LogP contribution in [0, 0.1) is 20.8 Å². The van der Waals surface area contributed by atoms with E-state index < -0.39 is 0 Å². The fourth-order valence-electron chi connectivity index (χ4n) is 2.78. The molecule has 1 amide bonds. The molecule has 20 heavy (non-hydrogen) atoms. The minimum atomic E-state index is 0.0354. The molecule has 0 unspecified atom stereocenters. The molecule has 110 valence electrons. The molecule has 0 saturated carbocycles. The first-order valence-electron chi connectivity index (χ1n) is 7.24. The second-order valence-corrected chi connectivity index (χ2v) is 5.48. The SMILES string of the molecule is Cc1cc(C)c(C(=O)NCCN2CCOCC2)c(C)c1. The third-order valence-electron chi connectivity index (χ3n) is 3.72. The van der Waals surface area contributed by atoms with Crippen LogP contribution in [0.1, 0.15) is 27.0 Å². The van der Waals surface area contributed by atoms with Gasteiger partial charge in [0.25, 0.3) is 5.91 Å². The van der Waals surface area contributed by atoms with Crippen LogP contribution < -0.4 is 5.32 Å². The largest absolute Gasteiger partial charge is 0.379 e. The summed E-state index contributed by atoms with van der Waals surface area (Å²) in [6.07, 6.45) is 0. The number of nitrogens with zero attached hydrogens (tertiary/aromatic N) is 1. The Morgan fingerprint density at radius 2 is 1.80 bits per heavy atom. The van der Waals surface area contributed by atoms with Crippen molar-refractivity contribution in [2.75, 3.05) is 39.4 Å². The van der Waals surface area contributed by atoms with E-state index in [0.717, 1.165) is 49.5 Å². The third-order valence-corrected chi connectivity index (χ3v) is 3.72. The summed E-state index contributed by atoms with van der Waals surface area (Å²) in [6.45, 7) is 11.1. The highest BCUT2D eigenvalue weighted by molar-refractivity contribution is 5.97. The van der Waals surface area contributed by atoms with E-state index in [2.05, 4.69) is 29.3 Å². The van der Waals surface area contributed by atoms with E-state index in [0.29, 0.717) is 6.54 Å². The average Bonchev–Trinajstić information content (AvgIpc) is 2.38. The maximum Gasteiger partial charge on any atom is 0.251 e. The molecular formula is C16H24N2O2. The summed E-state index contributed by atoms with van der Waals surface area (Å²) in [5.74, 6) is 0.0354. The van der Waals surface area contributed by atoms with Gasteiger partial charge in [-0.15, -0.1) is 0 Å². The lowest BCUT2D eigenvalue weighted by atomic mass is 9.99. The molecule has 0 bridgehead atoms. The third kappa shape index (κ3) is 3.81. The first-order chi connectivity index (χ1) is 9.58. The zero-order chi connectivity index (χ0) is 14.5. The van der Waals surface area contributed by atoms with Gasteiger partial charge in [-0.25, -0.2) is 0 Å². The average molecular weight is 276 g/mol. The second kappa shape index (κ2) is 6.86. The fraction of sp³-hybridized carbons (Fsp3) is 0.562. The van der Waals surface area contributed by atoms with Gasteiger partial charge in [0.15, 0.2) is 0 Å². The summed E-state index contributed by atoms with van der Waals surface area (Å²) in [5, 5.41) is 3.03. The van der Waals surface area contributed by atoms with Crippen molar-refractivity contribution in [3.63, 3.8) is 0 Å². The Hall–Kier alpha value is -1.39. The summed E-state index contributed by atoms with van der Waals surface area (Å²) >= 11 is 0. The monoisotopic (exact) mass is 276 g/mol. The van der Waals surface area contributed by atoms with Gasteiger partial charge in [0, 0.05) is 31.7 Å². The van der Waals surface area contributed by atoms with E-state index in [-0.39, 0.29) is 5.91 Å². The van der Waals surface area contributed by atoms with Crippen LogP contribution in [0.15, 0.2) is 12.1 Å². The lowest BCUT2D eigenvalue weighted by Gasteiger charge is -2.26. The summed E-state index contributed by atoms with van der Waals surface area (Å²) in [6, 6.07) is 4.12. The zero-order valence-corrected chi connectivity index (χ0v) is 12.7. The predicted molar refractivity (Wildman–Crippen MR) is 80.2 cm³/mol. The Labute approximate surface area is 121 Å². The molecule has 0 atom stereocenters. The molecule has 4 heteroatoms. The first-order valence-corrected chi connectivity index (χ1v) is 7.24. The molecule has 1 aromatic carbocycles. The number of aryl methyl sites for hydroxylation is 3. The lowest BCUT2D eigenvalue weighted by Crippen LogP contribution is -2.41. The van der Waals surface area contributed by atoms with Crippen LogP contribution in [0.25, 0.3) is 0 Å². The van der Waals surface area contributed by atoms with Crippen LogP contribution >= 0.6 is 0 Å². The normalized spacial score (nSPS) is 16.1. The fourth-order valence-corrected chi connectivity index (χ4v) is 2.78. The number of carbonyl (C=O) groups is 1. The van der Waals surface area contributed by atoms with Crippen LogP contribution in [0.3, 0.4) is 0 Å². The zero-order valence-electron chi connectivity index (χ0n) is 12.7. The van der Waals surface area contributed by atoms with E-state index in [4.69, 9.17) is 4.74 Å². The highest BCUT2D eigenvalue weighted by Gasteiger charge is 2.14. The molecule has 2 rings (SSSR count). The van der Waals surface area contributed by atoms with Gasteiger partial charge in [0.2, 0.25) is 0 Å². The summed E-state index contributed by atoms with van der Waals surface area (Å²) in [4.78, 5) is 14.6. The van der Waals surface area contributed by atoms with Crippen molar-refractivity contribution in [1.82, 2.24) is 10.2 Å². The Morgan fingerprint density at radius 1 is 1.20 bits per heavy atom. The van der Waals surface area contributed by atoms with Crippen LogP contribution in [0.5, 0.6) is 0 Å². The van der Waals surface area contributed by atoms with Gasteiger partial charge < -0.3 is 10.1 Å². The molecule has 0 aliphatic carbocycles. The molecule has 1 heterocycles. The van der Waals surface area contributed by atoms with Crippen LogP contribution in [0.2, 0.25) is 0 Å². The smallest absolute Gasteiger partial charge is 0.251 e. The number of carbonyl (C=O) groups excluding carboxylic acids is 1. The van der Waals surface area contributed by atoms with Crippen LogP contribution in [-0.4, -0.2) is 50.2 Å². The van der Waals surface area contributed by atoms with Crippen molar-refractivity contribution >= 4 is 5.91 Å². The molecule has 0 aromatic heterocycles. The van der Waals surface area contributed by atoms with Crippen molar-refractivity contribution < 1.29 is 9.53 Å². The number of benzene rings is 1. The molecule has 1 fully saturated rings. The van der Waals surface area contributed by atoms with E-state index in [1.54, 1.807) is 0 Å². The Balaban J connectivity index is 1.88. The number of rotatable bonds is 4. The maximum atomic E-state index is 12.3. The Bertz CT molecular complexity index is 456. The van der Waals surface area contributed by atoms with Gasteiger partial charge in [-0.3, -0.25) is 9.69 Å². The van der Waals surface area contributed by atoms with Gasteiger partial charge in [-0.2, -0.15) is 0 Å². The van der Waals surface area contributed by atoms with Crippen molar-refractivity contribution in [2.24, 2.45) is 0 Å². The van der Waals surface area contributed by atoms with Crippen LogP contribution in [-0.2, 0) is 4.74 Å². The van der Waals surface area contributed by atoms with Gasteiger partial charge in [-0.05, 0) is 31.9 Å². The lowest BCUT2D eigenvalue weighted by molar-refractivity contribution is 0.0383. The van der Waals surface area contributed by atoms with Gasteiger partial charge in [0.05, 0.1) is 13.2 Å². The summed E-state index contributed by atoms with van der Waals surface area (Å²) in [7, 11) is 0. The first kappa shape index (κ1) is 15.0. The molecule has 1 N–H and O–H groups in total. The standard InChI is InChI=1S/C16H24N2O2/c1-12-10-13(2)15(14(3)11-12)16(19)17-4-5-18-6-8-20-9-7-18/h10-11H,4-9H2,1-3H3,(H,17,19). The number of amides is 1. The van der Waals surface area contributed by atoms with Crippen molar-refractivity contribution in [3.8, 4) is 0 Å². The number of nitrogens with one attached hydrogen (secondary N) is 1. The minimum absolute atomic E-state index is 0.0354. The molecule has 0 radical (unpaired) electrons. The van der Waals surface area contributed by atoms with E-state index >= 15 is 0 Å². The highest BCUT2D eigenvalue weighted by atomic mass is 16.5. The van der Waals surface area contributed by atoms with E-state index in [9.17, 15) is 4.79 Å². The molecule has 0 spiro atoms. The minimum Gasteiger partial charge on any atom is -0.379 e. The topological polar surface area (TPSA) is 41.6 Å². The van der Waals surface area contributed by atoms with Crippen molar-refractivity contribution in [3.05, 3.63) is 34.4 Å². The van der Waals surface area contributed by atoms with Gasteiger partial charge >= 0.3 is 0 Å². The van der Waals surface area contributed by atoms with E-state index in [1.165, 1.54) is 5.56 Å². The molecular weight excluding hydrogens is 252 g/mol. The molecule has 1 aliphatic rings. The van der Waals surface area contributed by atoms with Crippen molar-refractivity contribution in [1.29, 1.82) is 0 Å². The molecule has 4 nitrogen and oxygen atoms in total. The van der Waals surface area contributed by atoms with E-state index in [1.807, 2.05) is 13.8 Å². The van der Waals surface area contributed by atoms with Gasteiger partial charge in [-0.1, -0.05) is 17.7 Å². The predicted octanol–water partition coefficient (Wildman–Crippen LogP) is 1.67. The van der Waals surface area contributed by atoms with Crippen molar-refractivity contribution in [2.45, 2.75) is 20.8 Å². The number of hydrogen-bond donors (Lipinski definition) is 1. The molecule has 1 saturated heterocycles. The van der Waals surface area contributed by atoms with Crippen LogP contribution in [0.4, 0.5) is 0 Å². The second-order valence-electron chi connectivity index (χ2n) is 5.48. The Morgan fingerprint density at radius 3 is 2.40 bits per heavy atom. The highest BCUT2D eigenvalue weighted by Crippen LogP contribution is 2.16. The Kier molecular flexibility index (Phi) is 5.15. The number of ether oxygens (including phenoxy) is 1. The van der Waals surface area contributed by atoms with Gasteiger partial charge in [0.1, 0.15) is 0 Å². The maximum absolute atomic E-state index is 12.3. The quantitative estimate of drug-likeness (QED) is 0.909.